The molecular weight excluding hydrogens is 286 g/mol. The summed E-state index contributed by atoms with van der Waals surface area (Å²) in [4.78, 5) is 22.2. The number of thioether (sulfide) groups is 1. The fourth-order valence-corrected chi connectivity index (χ4v) is 1.88. The van der Waals surface area contributed by atoms with Crippen LogP contribution in [0.15, 0.2) is 24.3 Å². The van der Waals surface area contributed by atoms with E-state index >= 15 is 0 Å². The molecular formula is C13H14ClNO3S. The molecule has 0 aliphatic carbocycles. The Labute approximate surface area is 120 Å². The van der Waals surface area contributed by atoms with Gasteiger partial charge in [0.25, 0.3) is 5.91 Å². The second-order valence-electron chi connectivity index (χ2n) is 3.66. The summed E-state index contributed by atoms with van der Waals surface area (Å²) in [6.07, 6.45) is 4.35. The van der Waals surface area contributed by atoms with Gasteiger partial charge in [0.15, 0.2) is 0 Å². The van der Waals surface area contributed by atoms with Crippen LogP contribution in [0.25, 0.3) is 6.08 Å². The molecule has 0 spiro atoms. The summed E-state index contributed by atoms with van der Waals surface area (Å²) in [6, 6.07) is 4.75. The highest BCUT2D eigenvalue weighted by molar-refractivity contribution is 7.98. The van der Waals surface area contributed by atoms with Crippen molar-refractivity contribution in [2.45, 2.75) is 0 Å². The van der Waals surface area contributed by atoms with Gasteiger partial charge in [0.1, 0.15) is 0 Å². The molecule has 0 bridgehead atoms. The van der Waals surface area contributed by atoms with Gasteiger partial charge in [-0.3, -0.25) is 4.79 Å². The van der Waals surface area contributed by atoms with Gasteiger partial charge in [-0.2, -0.15) is 11.8 Å². The molecule has 0 radical (unpaired) electrons. The largest absolute Gasteiger partial charge is 0.478 e. The van der Waals surface area contributed by atoms with Crippen molar-refractivity contribution in [2.75, 3.05) is 18.6 Å². The summed E-state index contributed by atoms with van der Waals surface area (Å²) in [6.45, 7) is 0.596. The van der Waals surface area contributed by atoms with E-state index in [4.69, 9.17) is 16.7 Å². The highest BCUT2D eigenvalue weighted by atomic mass is 35.5. The first-order valence-corrected chi connectivity index (χ1v) is 7.29. The van der Waals surface area contributed by atoms with Crippen molar-refractivity contribution in [3.05, 3.63) is 40.4 Å². The second kappa shape index (κ2) is 7.86. The smallest absolute Gasteiger partial charge is 0.328 e. The summed E-state index contributed by atoms with van der Waals surface area (Å²) >= 11 is 7.64. The fraction of sp³-hybridized carbons (Fsp3) is 0.231. The van der Waals surface area contributed by atoms with Crippen molar-refractivity contribution in [3.63, 3.8) is 0 Å². The highest BCUT2D eigenvalue weighted by Crippen LogP contribution is 2.19. The zero-order chi connectivity index (χ0) is 14.3. The minimum Gasteiger partial charge on any atom is -0.478 e. The van der Waals surface area contributed by atoms with E-state index in [-0.39, 0.29) is 5.91 Å². The molecule has 1 aromatic carbocycles. The van der Waals surface area contributed by atoms with Crippen molar-refractivity contribution in [1.82, 2.24) is 5.32 Å². The van der Waals surface area contributed by atoms with Crippen LogP contribution in [0.5, 0.6) is 0 Å². The van der Waals surface area contributed by atoms with Crippen molar-refractivity contribution >= 4 is 41.3 Å². The Morgan fingerprint density at radius 1 is 1.47 bits per heavy atom. The monoisotopic (exact) mass is 299 g/mol. The third-order valence-electron chi connectivity index (χ3n) is 2.26. The quantitative estimate of drug-likeness (QED) is 0.626. The van der Waals surface area contributed by atoms with Crippen molar-refractivity contribution in [2.24, 2.45) is 0 Å². The molecule has 1 amide bonds. The lowest BCUT2D eigenvalue weighted by atomic mass is 10.1. The van der Waals surface area contributed by atoms with Crippen molar-refractivity contribution < 1.29 is 14.7 Å². The minimum atomic E-state index is -1.05. The number of carboxylic acid groups (broad SMARTS) is 1. The van der Waals surface area contributed by atoms with E-state index in [1.165, 1.54) is 12.1 Å². The molecule has 0 aliphatic heterocycles. The number of benzene rings is 1. The fourth-order valence-electron chi connectivity index (χ4n) is 1.33. The molecule has 0 saturated heterocycles. The number of halogens is 1. The SMILES string of the molecule is CSCCNC(=O)c1ccc(/C=C/C(=O)O)c(Cl)c1. The Morgan fingerprint density at radius 3 is 2.79 bits per heavy atom. The first kappa shape index (κ1) is 15.6. The van der Waals surface area contributed by atoms with Gasteiger partial charge < -0.3 is 10.4 Å². The number of nitrogens with one attached hydrogen (secondary N) is 1. The normalized spacial score (nSPS) is 10.6. The summed E-state index contributed by atoms with van der Waals surface area (Å²) in [5, 5.41) is 11.6. The Balaban J connectivity index is 2.76. The predicted molar refractivity (Wildman–Crippen MR) is 78.8 cm³/mol. The van der Waals surface area contributed by atoms with E-state index in [1.807, 2.05) is 6.26 Å². The lowest BCUT2D eigenvalue weighted by molar-refractivity contribution is -0.131. The predicted octanol–water partition coefficient (Wildman–Crippen LogP) is 2.53. The van der Waals surface area contributed by atoms with Crippen LogP contribution < -0.4 is 5.32 Å². The average Bonchev–Trinajstić information content (AvgIpc) is 2.37. The maximum absolute atomic E-state index is 11.8. The first-order chi connectivity index (χ1) is 9.04. The third-order valence-corrected chi connectivity index (χ3v) is 3.20. The van der Waals surface area contributed by atoms with Crippen LogP contribution in [-0.4, -0.2) is 35.5 Å². The average molecular weight is 300 g/mol. The van der Waals surface area contributed by atoms with Crippen LogP contribution in [0, 0.1) is 0 Å². The molecule has 0 saturated carbocycles. The Kier molecular flexibility index (Phi) is 6.45. The number of carboxylic acids is 1. The number of amides is 1. The number of aliphatic carboxylic acids is 1. The molecule has 1 rings (SSSR count). The van der Waals surface area contributed by atoms with Gasteiger partial charge in [0.05, 0.1) is 0 Å². The zero-order valence-corrected chi connectivity index (χ0v) is 11.9. The Bertz CT molecular complexity index is 503. The topological polar surface area (TPSA) is 66.4 Å². The van der Waals surface area contributed by atoms with Gasteiger partial charge in [0, 0.05) is 29.0 Å². The molecule has 0 atom stereocenters. The van der Waals surface area contributed by atoms with Crippen LogP contribution in [0.4, 0.5) is 0 Å². The van der Waals surface area contributed by atoms with Crippen LogP contribution in [0.3, 0.4) is 0 Å². The van der Waals surface area contributed by atoms with Gasteiger partial charge in [-0.15, -0.1) is 0 Å². The molecule has 0 fully saturated rings. The van der Waals surface area contributed by atoms with Gasteiger partial charge in [0.2, 0.25) is 0 Å². The molecule has 0 unspecified atom stereocenters. The van der Waals surface area contributed by atoms with E-state index in [9.17, 15) is 9.59 Å². The van der Waals surface area contributed by atoms with Gasteiger partial charge in [-0.1, -0.05) is 17.7 Å². The number of carbonyl (C=O) groups is 2. The third kappa shape index (κ3) is 5.36. The molecule has 6 heteroatoms. The van der Waals surface area contributed by atoms with E-state index < -0.39 is 5.97 Å². The van der Waals surface area contributed by atoms with E-state index in [1.54, 1.807) is 23.9 Å². The van der Waals surface area contributed by atoms with E-state index in [0.717, 1.165) is 11.8 Å². The summed E-state index contributed by atoms with van der Waals surface area (Å²) < 4.78 is 0. The van der Waals surface area contributed by atoms with Gasteiger partial charge in [-0.25, -0.2) is 4.79 Å². The van der Waals surface area contributed by atoms with Crippen LogP contribution in [0.1, 0.15) is 15.9 Å². The maximum Gasteiger partial charge on any atom is 0.328 e. The molecule has 2 N–H and O–H groups in total. The second-order valence-corrected chi connectivity index (χ2v) is 5.05. The maximum atomic E-state index is 11.8. The molecule has 19 heavy (non-hydrogen) atoms. The van der Waals surface area contributed by atoms with Gasteiger partial charge in [-0.05, 0) is 30.0 Å². The molecule has 1 aromatic rings. The lowest BCUT2D eigenvalue weighted by Crippen LogP contribution is -2.25. The standard InChI is InChI=1S/C13H14ClNO3S/c1-19-7-6-15-13(18)10-3-2-9(11(14)8-10)4-5-12(16)17/h2-5,8H,6-7H2,1H3,(H,15,18)(H,16,17)/b5-4+. The summed E-state index contributed by atoms with van der Waals surface area (Å²) in [5.41, 5.74) is 1.02. The first-order valence-electron chi connectivity index (χ1n) is 5.52. The van der Waals surface area contributed by atoms with Crippen LogP contribution in [0.2, 0.25) is 5.02 Å². The Hall–Kier alpha value is -1.46. The summed E-state index contributed by atoms with van der Waals surface area (Å²) in [5.74, 6) is -0.390. The zero-order valence-electron chi connectivity index (χ0n) is 10.4. The summed E-state index contributed by atoms with van der Waals surface area (Å²) in [7, 11) is 0. The molecule has 0 aromatic heterocycles. The molecule has 0 aliphatic rings. The van der Waals surface area contributed by atoms with Crippen molar-refractivity contribution in [1.29, 1.82) is 0 Å². The van der Waals surface area contributed by atoms with Gasteiger partial charge >= 0.3 is 5.97 Å². The number of hydrogen-bond acceptors (Lipinski definition) is 3. The van der Waals surface area contributed by atoms with Crippen LogP contribution in [-0.2, 0) is 4.79 Å². The van der Waals surface area contributed by atoms with Crippen molar-refractivity contribution in [3.8, 4) is 0 Å². The lowest BCUT2D eigenvalue weighted by Gasteiger charge is -2.05. The molecule has 0 heterocycles. The number of rotatable bonds is 6. The van der Waals surface area contributed by atoms with Crippen LogP contribution >= 0.6 is 23.4 Å². The minimum absolute atomic E-state index is 0.190. The number of hydrogen-bond donors (Lipinski definition) is 2. The highest BCUT2D eigenvalue weighted by Gasteiger charge is 2.07. The molecule has 102 valence electrons. The van der Waals surface area contributed by atoms with E-state index in [0.29, 0.717) is 22.7 Å². The number of carbonyl (C=O) groups excluding carboxylic acids is 1. The van der Waals surface area contributed by atoms with E-state index in [2.05, 4.69) is 5.32 Å². The molecule has 4 nitrogen and oxygen atoms in total. The Morgan fingerprint density at radius 2 is 2.21 bits per heavy atom.